The highest BCUT2D eigenvalue weighted by atomic mass is 19.4. The molecule has 29 heavy (non-hydrogen) atoms. The number of ether oxygens (including phenoxy) is 3. The number of carbonyl (C=O) groups excluding carboxylic acids is 3. The Hall–Kier alpha value is -3.56. The van der Waals surface area contributed by atoms with Gasteiger partial charge in [0, 0.05) is 11.3 Å². The molecule has 0 heterocycles. The van der Waals surface area contributed by atoms with Crippen molar-refractivity contribution in [1.29, 1.82) is 0 Å². The molecule has 0 spiro atoms. The molecule has 0 saturated heterocycles. The van der Waals surface area contributed by atoms with Gasteiger partial charge >= 0.3 is 12.1 Å². The third-order valence-electron chi connectivity index (χ3n) is 3.74. The maximum Gasteiger partial charge on any atom is 0.416 e. The van der Waals surface area contributed by atoms with Crippen LogP contribution in [0.1, 0.15) is 26.3 Å². The maximum absolute atomic E-state index is 12.5. The summed E-state index contributed by atoms with van der Waals surface area (Å²) in [6.07, 6.45) is -4.08. The smallest absolute Gasteiger partial charge is 0.416 e. The van der Waals surface area contributed by atoms with Crippen LogP contribution >= 0.6 is 0 Å². The summed E-state index contributed by atoms with van der Waals surface area (Å²) >= 11 is 0. The van der Waals surface area contributed by atoms with Crippen LogP contribution in [-0.2, 0) is 15.7 Å². The van der Waals surface area contributed by atoms with E-state index in [4.69, 9.17) is 14.2 Å². The molecular weight excluding hydrogens is 395 g/mol. The first kappa shape index (κ1) is 21.7. The van der Waals surface area contributed by atoms with Gasteiger partial charge in [-0.2, -0.15) is 13.2 Å². The molecule has 0 atom stereocenters. The molecule has 2 aromatic rings. The minimum atomic E-state index is -4.50. The monoisotopic (exact) mass is 411 g/mol. The summed E-state index contributed by atoms with van der Waals surface area (Å²) in [4.78, 5) is 35.5. The number of amides is 1. The van der Waals surface area contributed by atoms with E-state index in [1.807, 2.05) is 0 Å². The van der Waals surface area contributed by atoms with Crippen molar-refractivity contribution >= 4 is 23.9 Å². The Labute approximate surface area is 163 Å². The fourth-order valence-corrected chi connectivity index (χ4v) is 2.39. The number of rotatable bonds is 7. The van der Waals surface area contributed by atoms with Crippen LogP contribution in [0, 0.1) is 0 Å². The summed E-state index contributed by atoms with van der Waals surface area (Å²) in [5.74, 6) is -1.65. The van der Waals surface area contributed by atoms with Gasteiger partial charge in [0.1, 0.15) is 5.56 Å². The van der Waals surface area contributed by atoms with Gasteiger partial charge in [0.25, 0.3) is 5.91 Å². The van der Waals surface area contributed by atoms with Gasteiger partial charge in [-0.15, -0.1) is 0 Å². The molecule has 2 rings (SSSR count). The van der Waals surface area contributed by atoms with Gasteiger partial charge in [0.2, 0.25) is 0 Å². The summed E-state index contributed by atoms with van der Waals surface area (Å²) in [7, 11) is 2.60. The SMILES string of the molecule is COc1ccc(C=O)c(C(=O)OCC(=O)Nc2ccc(C(F)(F)F)cc2)c1OC. The highest BCUT2D eigenvalue weighted by Crippen LogP contribution is 2.33. The number of benzene rings is 2. The Balaban J connectivity index is 2.07. The fraction of sp³-hybridized carbons (Fsp3) is 0.211. The van der Waals surface area contributed by atoms with Crippen LogP contribution in [0.25, 0.3) is 0 Å². The normalized spacial score (nSPS) is 10.8. The molecular formula is C19H16F3NO6. The van der Waals surface area contributed by atoms with Crippen LogP contribution < -0.4 is 14.8 Å². The Morgan fingerprint density at radius 3 is 2.21 bits per heavy atom. The van der Waals surface area contributed by atoms with Crippen LogP contribution in [0.5, 0.6) is 11.5 Å². The average Bonchev–Trinajstić information content (AvgIpc) is 2.70. The molecule has 0 unspecified atom stereocenters. The number of methoxy groups -OCH3 is 2. The van der Waals surface area contributed by atoms with E-state index in [-0.39, 0.29) is 28.3 Å². The molecule has 0 aliphatic heterocycles. The second-order valence-electron chi connectivity index (χ2n) is 5.58. The van der Waals surface area contributed by atoms with Gasteiger partial charge in [-0.25, -0.2) is 4.79 Å². The Morgan fingerprint density at radius 1 is 1.03 bits per heavy atom. The van der Waals surface area contributed by atoms with Crippen LogP contribution in [-0.4, -0.2) is 39.0 Å². The van der Waals surface area contributed by atoms with E-state index in [0.29, 0.717) is 6.29 Å². The lowest BCUT2D eigenvalue weighted by Gasteiger charge is -2.14. The summed E-state index contributed by atoms with van der Waals surface area (Å²) in [5.41, 5.74) is -1.03. The number of hydrogen-bond acceptors (Lipinski definition) is 6. The van der Waals surface area contributed by atoms with E-state index < -0.39 is 30.2 Å². The first-order chi connectivity index (χ1) is 13.7. The first-order valence-corrected chi connectivity index (χ1v) is 8.05. The number of hydrogen-bond donors (Lipinski definition) is 1. The van der Waals surface area contributed by atoms with Crippen molar-refractivity contribution in [3.63, 3.8) is 0 Å². The molecule has 1 N–H and O–H groups in total. The lowest BCUT2D eigenvalue weighted by atomic mass is 10.1. The molecule has 0 fully saturated rings. The molecule has 2 aromatic carbocycles. The summed E-state index contributed by atoms with van der Waals surface area (Å²) in [6.45, 7) is -0.738. The van der Waals surface area contributed by atoms with Gasteiger partial charge in [-0.1, -0.05) is 0 Å². The van der Waals surface area contributed by atoms with Crippen molar-refractivity contribution in [1.82, 2.24) is 0 Å². The van der Waals surface area contributed by atoms with Crippen molar-refractivity contribution in [3.8, 4) is 11.5 Å². The van der Waals surface area contributed by atoms with E-state index in [0.717, 1.165) is 24.3 Å². The van der Waals surface area contributed by atoms with E-state index >= 15 is 0 Å². The summed E-state index contributed by atoms with van der Waals surface area (Å²) in [5, 5.41) is 2.30. The van der Waals surface area contributed by atoms with E-state index in [1.165, 1.54) is 26.4 Å². The topological polar surface area (TPSA) is 90.9 Å². The van der Waals surface area contributed by atoms with Crippen molar-refractivity contribution in [3.05, 3.63) is 53.1 Å². The fourth-order valence-electron chi connectivity index (χ4n) is 2.39. The van der Waals surface area contributed by atoms with Crippen molar-refractivity contribution in [2.45, 2.75) is 6.18 Å². The molecule has 10 heteroatoms. The van der Waals surface area contributed by atoms with Crippen molar-refractivity contribution in [2.24, 2.45) is 0 Å². The number of carbonyl (C=O) groups is 3. The molecule has 0 bridgehead atoms. The van der Waals surface area contributed by atoms with Crippen LogP contribution in [0.15, 0.2) is 36.4 Å². The Bertz CT molecular complexity index is 909. The number of alkyl halides is 3. The molecule has 1 amide bonds. The third-order valence-corrected chi connectivity index (χ3v) is 3.74. The standard InChI is InChI=1S/C19H16F3NO6/c1-27-14-8-3-11(9-24)16(17(14)28-2)18(26)29-10-15(25)23-13-6-4-12(5-7-13)19(20,21)22/h3-9H,10H2,1-2H3,(H,23,25). The largest absolute Gasteiger partial charge is 0.493 e. The molecule has 7 nitrogen and oxygen atoms in total. The average molecular weight is 411 g/mol. The molecule has 0 aliphatic rings. The molecule has 154 valence electrons. The predicted molar refractivity (Wildman–Crippen MR) is 95.3 cm³/mol. The van der Waals surface area contributed by atoms with Gasteiger partial charge in [0.15, 0.2) is 24.4 Å². The number of halogens is 3. The van der Waals surface area contributed by atoms with E-state index in [1.54, 1.807) is 0 Å². The Morgan fingerprint density at radius 2 is 1.69 bits per heavy atom. The maximum atomic E-state index is 12.5. The highest BCUT2D eigenvalue weighted by Gasteiger charge is 2.30. The van der Waals surface area contributed by atoms with Gasteiger partial charge in [-0.05, 0) is 36.4 Å². The third kappa shape index (κ3) is 5.24. The second-order valence-corrected chi connectivity index (χ2v) is 5.58. The Kier molecular flexibility index (Phi) is 6.81. The zero-order valence-electron chi connectivity index (χ0n) is 15.3. The van der Waals surface area contributed by atoms with E-state index in [2.05, 4.69) is 5.32 Å². The number of esters is 1. The molecule has 0 aromatic heterocycles. The highest BCUT2D eigenvalue weighted by molar-refractivity contribution is 6.03. The van der Waals surface area contributed by atoms with Gasteiger partial charge in [-0.3, -0.25) is 9.59 Å². The number of anilines is 1. The minimum Gasteiger partial charge on any atom is -0.493 e. The predicted octanol–water partition coefficient (Wildman–Crippen LogP) is 3.33. The number of nitrogens with one attached hydrogen (secondary N) is 1. The second kappa shape index (κ2) is 9.09. The summed E-state index contributed by atoms with van der Waals surface area (Å²) < 4.78 is 52.7. The van der Waals surface area contributed by atoms with Crippen molar-refractivity contribution < 1.29 is 41.8 Å². The summed E-state index contributed by atoms with van der Waals surface area (Å²) in [6, 6.07) is 6.50. The minimum absolute atomic E-state index is 0.0317. The molecule has 0 aliphatic carbocycles. The van der Waals surface area contributed by atoms with Crippen molar-refractivity contribution in [2.75, 3.05) is 26.1 Å². The zero-order chi connectivity index (χ0) is 21.6. The lowest BCUT2D eigenvalue weighted by Crippen LogP contribution is -2.22. The number of aldehydes is 1. The quantitative estimate of drug-likeness (QED) is 0.555. The first-order valence-electron chi connectivity index (χ1n) is 8.05. The van der Waals surface area contributed by atoms with Gasteiger partial charge < -0.3 is 19.5 Å². The van der Waals surface area contributed by atoms with Gasteiger partial charge in [0.05, 0.1) is 19.8 Å². The van der Waals surface area contributed by atoms with Crippen LogP contribution in [0.3, 0.4) is 0 Å². The molecule has 0 saturated carbocycles. The zero-order valence-corrected chi connectivity index (χ0v) is 15.3. The van der Waals surface area contributed by atoms with Crippen LogP contribution in [0.4, 0.5) is 18.9 Å². The van der Waals surface area contributed by atoms with E-state index in [9.17, 15) is 27.6 Å². The lowest BCUT2D eigenvalue weighted by molar-refractivity contribution is -0.137. The van der Waals surface area contributed by atoms with Crippen LogP contribution in [0.2, 0.25) is 0 Å². The molecule has 0 radical (unpaired) electrons.